The van der Waals surface area contributed by atoms with E-state index in [9.17, 15) is 17.6 Å². The highest BCUT2D eigenvalue weighted by Crippen LogP contribution is 2.23. The Morgan fingerprint density at radius 3 is 2.45 bits per heavy atom. The van der Waals surface area contributed by atoms with Gasteiger partial charge in [0, 0.05) is 5.39 Å². The van der Waals surface area contributed by atoms with Gasteiger partial charge in [-0.05, 0) is 30.2 Å². The highest BCUT2D eigenvalue weighted by molar-refractivity contribution is 7.89. The number of para-hydroxylation sites is 1. The number of hydrogen-bond donors (Lipinski definition) is 2. The van der Waals surface area contributed by atoms with Crippen LogP contribution in [0, 0.1) is 11.7 Å². The molecule has 0 fully saturated rings. The largest absolute Gasteiger partial charge is 0.467 e. The summed E-state index contributed by atoms with van der Waals surface area (Å²) in [6, 6.07) is 11.6. The molecule has 164 valence electrons. The Labute approximate surface area is 179 Å². The fourth-order valence-corrected chi connectivity index (χ4v) is 4.04. The van der Waals surface area contributed by atoms with Crippen molar-refractivity contribution >= 4 is 32.7 Å². The van der Waals surface area contributed by atoms with Crippen LogP contribution in [0.4, 0.5) is 10.2 Å². The van der Waals surface area contributed by atoms with E-state index in [4.69, 9.17) is 4.74 Å². The summed E-state index contributed by atoms with van der Waals surface area (Å²) in [6.07, 6.45) is 0. The number of carbonyl (C=O) groups is 1. The minimum Gasteiger partial charge on any atom is -0.467 e. The molecule has 0 saturated carbocycles. The van der Waals surface area contributed by atoms with Gasteiger partial charge >= 0.3 is 5.97 Å². The minimum absolute atomic E-state index is 0.0933. The van der Waals surface area contributed by atoms with Gasteiger partial charge in [-0.1, -0.05) is 38.1 Å². The van der Waals surface area contributed by atoms with Crippen LogP contribution in [0.15, 0.2) is 53.4 Å². The predicted molar refractivity (Wildman–Crippen MR) is 114 cm³/mol. The SMILES string of the molecule is COC(=O)[C@@H](Nc1nc(CNS(=O)(=O)c2ccccc2F)nc2ccccc12)C(C)C. The first-order valence-corrected chi connectivity index (χ1v) is 11.1. The molecule has 0 amide bonds. The molecule has 0 spiro atoms. The summed E-state index contributed by atoms with van der Waals surface area (Å²) in [5, 5.41) is 3.75. The number of hydrogen-bond acceptors (Lipinski definition) is 7. The average molecular weight is 447 g/mol. The monoisotopic (exact) mass is 446 g/mol. The third kappa shape index (κ3) is 5.15. The summed E-state index contributed by atoms with van der Waals surface area (Å²) < 4.78 is 46.1. The Morgan fingerprint density at radius 1 is 1.10 bits per heavy atom. The molecule has 0 aliphatic carbocycles. The molecule has 0 saturated heterocycles. The maximum atomic E-state index is 13.9. The Bertz CT molecular complexity index is 1200. The van der Waals surface area contributed by atoms with Crippen molar-refractivity contribution in [3.63, 3.8) is 0 Å². The Hall–Kier alpha value is -3.11. The number of aromatic nitrogens is 2. The lowest BCUT2D eigenvalue weighted by molar-refractivity contribution is -0.142. The standard InChI is InChI=1S/C21H23FN4O4S/c1-13(2)19(21(27)30-3)26-20-14-8-4-6-10-16(14)24-18(25-20)12-23-31(28,29)17-11-7-5-9-15(17)22/h4-11,13,19,23H,12H2,1-3H3,(H,24,25,26)/t19-/m0/s1. The Morgan fingerprint density at radius 2 is 1.77 bits per heavy atom. The van der Waals surface area contributed by atoms with Crippen molar-refractivity contribution in [1.82, 2.24) is 14.7 Å². The molecule has 0 bridgehead atoms. The number of benzene rings is 2. The number of anilines is 1. The van der Waals surface area contributed by atoms with Crippen LogP contribution < -0.4 is 10.0 Å². The second-order valence-electron chi connectivity index (χ2n) is 7.15. The molecule has 0 aliphatic heterocycles. The first kappa shape index (κ1) is 22.6. The van der Waals surface area contributed by atoms with Crippen LogP contribution in [-0.4, -0.2) is 37.5 Å². The lowest BCUT2D eigenvalue weighted by atomic mass is 10.0. The first-order valence-electron chi connectivity index (χ1n) is 9.57. The molecule has 31 heavy (non-hydrogen) atoms. The van der Waals surface area contributed by atoms with E-state index in [0.717, 1.165) is 6.07 Å². The lowest BCUT2D eigenvalue weighted by Crippen LogP contribution is -2.36. The number of carbonyl (C=O) groups excluding carboxylic acids is 1. The first-order chi connectivity index (χ1) is 14.7. The van der Waals surface area contributed by atoms with E-state index >= 15 is 0 Å². The number of methoxy groups -OCH3 is 1. The number of halogens is 1. The molecule has 1 atom stereocenters. The topological polar surface area (TPSA) is 110 Å². The number of nitrogens with one attached hydrogen (secondary N) is 2. The van der Waals surface area contributed by atoms with E-state index in [1.165, 1.54) is 25.3 Å². The number of fused-ring (bicyclic) bond motifs is 1. The van der Waals surface area contributed by atoms with E-state index in [0.29, 0.717) is 16.7 Å². The second kappa shape index (κ2) is 9.36. The summed E-state index contributed by atoms with van der Waals surface area (Å²) in [5.41, 5.74) is 0.562. The molecule has 2 N–H and O–H groups in total. The molecule has 0 aliphatic rings. The van der Waals surface area contributed by atoms with Crippen LogP contribution in [0.2, 0.25) is 0 Å². The van der Waals surface area contributed by atoms with Crippen molar-refractivity contribution in [2.45, 2.75) is 31.3 Å². The summed E-state index contributed by atoms with van der Waals surface area (Å²) in [6.45, 7) is 3.46. The molecule has 0 radical (unpaired) electrons. The summed E-state index contributed by atoms with van der Waals surface area (Å²) in [5.74, 6) is -0.860. The van der Waals surface area contributed by atoms with Gasteiger partial charge in [-0.3, -0.25) is 0 Å². The van der Waals surface area contributed by atoms with Crippen molar-refractivity contribution in [3.05, 3.63) is 60.2 Å². The number of sulfonamides is 1. The number of esters is 1. The Kier molecular flexibility index (Phi) is 6.81. The molecular weight excluding hydrogens is 423 g/mol. The van der Waals surface area contributed by atoms with Crippen molar-refractivity contribution in [2.24, 2.45) is 5.92 Å². The zero-order chi connectivity index (χ0) is 22.6. The van der Waals surface area contributed by atoms with Crippen molar-refractivity contribution in [2.75, 3.05) is 12.4 Å². The van der Waals surface area contributed by atoms with Gasteiger partial charge in [0.05, 0.1) is 19.2 Å². The van der Waals surface area contributed by atoms with Crippen molar-refractivity contribution in [3.8, 4) is 0 Å². The van der Waals surface area contributed by atoms with Gasteiger partial charge in [-0.15, -0.1) is 0 Å². The molecular formula is C21H23FN4O4S. The van der Waals surface area contributed by atoms with E-state index in [1.807, 2.05) is 13.8 Å². The minimum atomic E-state index is -4.11. The molecule has 3 rings (SSSR count). The molecule has 2 aromatic carbocycles. The Balaban J connectivity index is 1.93. The fraction of sp³-hybridized carbons (Fsp3) is 0.286. The van der Waals surface area contributed by atoms with Gasteiger partial charge in [0.1, 0.15) is 28.4 Å². The zero-order valence-corrected chi connectivity index (χ0v) is 18.1. The molecule has 8 nitrogen and oxygen atoms in total. The summed E-state index contributed by atoms with van der Waals surface area (Å²) in [4.78, 5) is 20.5. The van der Waals surface area contributed by atoms with Gasteiger partial charge < -0.3 is 10.1 Å². The van der Waals surface area contributed by atoms with Gasteiger partial charge in [-0.25, -0.2) is 32.3 Å². The van der Waals surface area contributed by atoms with E-state index in [1.54, 1.807) is 24.3 Å². The van der Waals surface area contributed by atoms with Crippen LogP contribution in [-0.2, 0) is 26.1 Å². The summed E-state index contributed by atoms with van der Waals surface area (Å²) in [7, 11) is -2.80. The molecule has 1 heterocycles. The normalized spacial score (nSPS) is 12.7. The third-order valence-corrected chi connectivity index (χ3v) is 6.04. The van der Waals surface area contributed by atoms with E-state index < -0.39 is 32.7 Å². The quantitative estimate of drug-likeness (QED) is 0.512. The van der Waals surface area contributed by atoms with Crippen LogP contribution in [0.5, 0.6) is 0 Å². The van der Waals surface area contributed by atoms with Crippen LogP contribution in [0.3, 0.4) is 0 Å². The van der Waals surface area contributed by atoms with E-state index in [2.05, 4.69) is 20.0 Å². The smallest absolute Gasteiger partial charge is 0.328 e. The lowest BCUT2D eigenvalue weighted by Gasteiger charge is -2.21. The number of rotatable bonds is 8. The maximum Gasteiger partial charge on any atom is 0.328 e. The van der Waals surface area contributed by atoms with Gasteiger partial charge in [-0.2, -0.15) is 0 Å². The molecule has 0 unspecified atom stereocenters. The van der Waals surface area contributed by atoms with E-state index in [-0.39, 0.29) is 18.3 Å². The second-order valence-corrected chi connectivity index (χ2v) is 8.89. The zero-order valence-electron chi connectivity index (χ0n) is 17.3. The van der Waals surface area contributed by atoms with Crippen LogP contribution in [0.25, 0.3) is 10.9 Å². The van der Waals surface area contributed by atoms with Gasteiger partial charge in [0.15, 0.2) is 0 Å². The average Bonchev–Trinajstić information content (AvgIpc) is 2.75. The third-order valence-electron chi connectivity index (χ3n) is 4.61. The number of nitrogens with zero attached hydrogens (tertiary/aromatic N) is 2. The highest BCUT2D eigenvalue weighted by Gasteiger charge is 2.25. The molecule has 3 aromatic rings. The fourth-order valence-electron chi connectivity index (χ4n) is 2.99. The predicted octanol–water partition coefficient (Wildman–Crippen LogP) is 2.86. The van der Waals surface area contributed by atoms with Crippen molar-refractivity contribution in [1.29, 1.82) is 0 Å². The maximum absolute atomic E-state index is 13.9. The van der Waals surface area contributed by atoms with Gasteiger partial charge in [0.25, 0.3) is 0 Å². The van der Waals surface area contributed by atoms with Gasteiger partial charge in [0.2, 0.25) is 10.0 Å². The van der Waals surface area contributed by atoms with Crippen LogP contribution in [0.1, 0.15) is 19.7 Å². The number of ether oxygens (including phenoxy) is 1. The summed E-state index contributed by atoms with van der Waals surface area (Å²) >= 11 is 0. The van der Waals surface area contributed by atoms with Crippen molar-refractivity contribution < 1.29 is 22.3 Å². The van der Waals surface area contributed by atoms with Crippen LogP contribution >= 0.6 is 0 Å². The molecule has 10 heteroatoms. The molecule has 1 aromatic heterocycles. The highest BCUT2D eigenvalue weighted by atomic mass is 32.2.